The number of hydrogen-bond donors (Lipinski definition) is 0. The van der Waals surface area contributed by atoms with E-state index >= 15 is 0 Å². The van der Waals surface area contributed by atoms with E-state index in [0.717, 1.165) is 0 Å². The van der Waals surface area contributed by atoms with E-state index in [9.17, 15) is 9.59 Å². The molecule has 4 nitrogen and oxygen atoms in total. The van der Waals surface area contributed by atoms with Crippen molar-refractivity contribution in [2.24, 2.45) is 5.92 Å². The van der Waals surface area contributed by atoms with E-state index in [4.69, 9.17) is 4.74 Å². The average molecular weight is 195 g/mol. The van der Waals surface area contributed by atoms with Gasteiger partial charge in [0.15, 0.2) is 0 Å². The van der Waals surface area contributed by atoms with E-state index in [2.05, 4.69) is 0 Å². The van der Waals surface area contributed by atoms with Crippen molar-refractivity contribution < 1.29 is 14.3 Å². The summed E-state index contributed by atoms with van der Waals surface area (Å²) in [5, 5.41) is 0. The molecule has 0 radical (unpaired) electrons. The summed E-state index contributed by atoms with van der Waals surface area (Å²) in [5.41, 5.74) is -0.546. The monoisotopic (exact) mass is 195 g/mol. The maximum Gasteiger partial charge on any atom is 0.417 e. The molecule has 0 spiro atoms. The molecule has 1 heterocycles. The molecule has 4 heteroatoms. The largest absolute Gasteiger partial charge is 0.443 e. The Morgan fingerprint density at radius 2 is 2.07 bits per heavy atom. The number of rotatable bonds is 0. The third-order valence-electron chi connectivity index (χ3n) is 2.29. The molecule has 0 unspecified atom stereocenters. The third-order valence-corrected chi connectivity index (χ3v) is 2.29. The SMILES string of the molecule is CC(C)(C)OC(=O)N1C(=O)[C@@H]2C=C[C@@H]21. The minimum atomic E-state index is -0.546. The highest BCUT2D eigenvalue weighted by Crippen LogP contribution is 2.36. The summed E-state index contributed by atoms with van der Waals surface area (Å²) in [6.07, 6.45) is 3.12. The molecule has 2 amide bonds. The molecule has 2 atom stereocenters. The Kier molecular flexibility index (Phi) is 1.71. The normalized spacial score (nSPS) is 29.1. The minimum Gasteiger partial charge on any atom is -0.443 e. The first-order valence-electron chi connectivity index (χ1n) is 4.64. The zero-order chi connectivity index (χ0) is 10.5. The van der Waals surface area contributed by atoms with Crippen LogP contribution in [0.1, 0.15) is 20.8 Å². The van der Waals surface area contributed by atoms with Crippen LogP contribution in [0.3, 0.4) is 0 Å². The van der Waals surface area contributed by atoms with E-state index in [1.165, 1.54) is 4.90 Å². The standard InChI is InChI=1S/C10H13NO3/c1-10(2,3)14-9(13)11-7-5-4-6(7)8(11)12/h4-7H,1-3H3/t6-,7+/m1/s1. The van der Waals surface area contributed by atoms with Gasteiger partial charge < -0.3 is 4.74 Å². The van der Waals surface area contributed by atoms with Crippen LogP contribution in [0.4, 0.5) is 4.79 Å². The average Bonchev–Trinajstić information content (AvgIpc) is 1.93. The quantitative estimate of drug-likeness (QED) is 0.432. The van der Waals surface area contributed by atoms with Gasteiger partial charge in [0.25, 0.3) is 0 Å². The van der Waals surface area contributed by atoms with Crippen LogP contribution in [-0.2, 0) is 9.53 Å². The van der Waals surface area contributed by atoms with Gasteiger partial charge in [0.1, 0.15) is 5.60 Å². The maximum absolute atomic E-state index is 11.5. The number of imide groups is 1. The van der Waals surface area contributed by atoms with Crippen molar-refractivity contribution in [3.63, 3.8) is 0 Å². The topological polar surface area (TPSA) is 46.6 Å². The molecule has 0 bridgehead atoms. The second-order valence-electron chi connectivity index (χ2n) is 4.59. The molecule has 1 fully saturated rings. The Labute approximate surface area is 82.5 Å². The Hall–Kier alpha value is -1.32. The Morgan fingerprint density at radius 1 is 1.43 bits per heavy atom. The van der Waals surface area contributed by atoms with Gasteiger partial charge in [-0.1, -0.05) is 12.2 Å². The molecule has 2 rings (SSSR count). The smallest absolute Gasteiger partial charge is 0.417 e. The van der Waals surface area contributed by atoms with Gasteiger partial charge in [-0.2, -0.15) is 0 Å². The van der Waals surface area contributed by atoms with Crippen LogP contribution in [0, 0.1) is 5.92 Å². The highest BCUT2D eigenvalue weighted by atomic mass is 16.6. The molecule has 1 aliphatic carbocycles. The number of carbonyl (C=O) groups is 2. The lowest BCUT2D eigenvalue weighted by atomic mass is 9.79. The van der Waals surface area contributed by atoms with E-state index < -0.39 is 11.7 Å². The van der Waals surface area contributed by atoms with Gasteiger partial charge in [-0.25, -0.2) is 9.69 Å². The predicted molar refractivity (Wildman–Crippen MR) is 49.5 cm³/mol. The van der Waals surface area contributed by atoms with Crippen LogP contribution in [0.25, 0.3) is 0 Å². The van der Waals surface area contributed by atoms with Crippen molar-refractivity contribution in [1.29, 1.82) is 0 Å². The third kappa shape index (κ3) is 1.22. The molecule has 1 aliphatic heterocycles. The van der Waals surface area contributed by atoms with Crippen LogP contribution in [0.5, 0.6) is 0 Å². The van der Waals surface area contributed by atoms with Gasteiger partial charge in [-0.3, -0.25) is 4.79 Å². The Bertz CT molecular complexity index is 327. The molecule has 1 saturated heterocycles. The predicted octanol–water partition coefficient (Wildman–Crippen LogP) is 1.32. The summed E-state index contributed by atoms with van der Waals surface area (Å²) < 4.78 is 5.10. The van der Waals surface area contributed by atoms with Crippen molar-refractivity contribution in [3.8, 4) is 0 Å². The maximum atomic E-state index is 11.5. The number of β-lactam (4-membered cyclic amide) rings is 1. The molecule has 0 saturated carbocycles. The van der Waals surface area contributed by atoms with Crippen molar-refractivity contribution in [2.45, 2.75) is 32.4 Å². The number of amides is 2. The van der Waals surface area contributed by atoms with Crippen molar-refractivity contribution in [1.82, 2.24) is 4.90 Å². The molecule has 0 N–H and O–H groups in total. The first kappa shape index (κ1) is 9.24. The summed E-state index contributed by atoms with van der Waals surface area (Å²) >= 11 is 0. The van der Waals surface area contributed by atoms with Crippen LogP contribution in [-0.4, -0.2) is 28.5 Å². The molecule has 0 aromatic rings. The van der Waals surface area contributed by atoms with Crippen LogP contribution in [0.2, 0.25) is 0 Å². The number of carbonyl (C=O) groups excluding carboxylic acids is 2. The van der Waals surface area contributed by atoms with E-state index in [-0.39, 0.29) is 17.9 Å². The fraction of sp³-hybridized carbons (Fsp3) is 0.600. The number of fused-ring (bicyclic) bond motifs is 1. The van der Waals surface area contributed by atoms with Crippen LogP contribution < -0.4 is 0 Å². The summed E-state index contributed by atoms with van der Waals surface area (Å²) in [6.45, 7) is 5.34. The highest BCUT2D eigenvalue weighted by Gasteiger charge is 2.53. The van der Waals surface area contributed by atoms with Crippen molar-refractivity contribution in [3.05, 3.63) is 12.2 Å². The minimum absolute atomic E-state index is 0.0441. The van der Waals surface area contributed by atoms with Gasteiger partial charge in [0.2, 0.25) is 5.91 Å². The molecule has 2 aliphatic rings. The number of hydrogen-bond acceptors (Lipinski definition) is 3. The molecule has 14 heavy (non-hydrogen) atoms. The van der Waals surface area contributed by atoms with Gasteiger partial charge in [0.05, 0.1) is 12.0 Å². The number of ether oxygens (including phenoxy) is 1. The fourth-order valence-electron chi connectivity index (χ4n) is 1.54. The Morgan fingerprint density at radius 3 is 2.43 bits per heavy atom. The van der Waals surface area contributed by atoms with E-state index in [1.54, 1.807) is 20.8 Å². The lowest BCUT2D eigenvalue weighted by molar-refractivity contribution is -0.149. The van der Waals surface area contributed by atoms with Crippen molar-refractivity contribution in [2.75, 3.05) is 0 Å². The zero-order valence-corrected chi connectivity index (χ0v) is 8.48. The zero-order valence-electron chi connectivity index (χ0n) is 8.48. The Balaban J connectivity index is 2.00. The van der Waals surface area contributed by atoms with Gasteiger partial charge >= 0.3 is 6.09 Å². The molecule has 0 aromatic carbocycles. The summed E-state index contributed by atoms with van der Waals surface area (Å²) in [4.78, 5) is 24.0. The second-order valence-corrected chi connectivity index (χ2v) is 4.59. The molecule has 0 aromatic heterocycles. The summed E-state index contributed by atoms with van der Waals surface area (Å²) in [7, 11) is 0. The summed E-state index contributed by atoms with van der Waals surface area (Å²) in [6, 6.07) is -0.0441. The summed E-state index contributed by atoms with van der Waals surface area (Å²) in [5.74, 6) is -0.214. The van der Waals surface area contributed by atoms with Crippen LogP contribution in [0.15, 0.2) is 12.2 Å². The fourth-order valence-corrected chi connectivity index (χ4v) is 1.54. The van der Waals surface area contributed by atoms with Gasteiger partial charge in [-0.15, -0.1) is 0 Å². The number of nitrogens with zero attached hydrogens (tertiary/aromatic N) is 1. The molecular formula is C10H13NO3. The van der Waals surface area contributed by atoms with Crippen molar-refractivity contribution >= 4 is 12.0 Å². The molecular weight excluding hydrogens is 182 g/mol. The highest BCUT2D eigenvalue weighted by molar-refractivity contribution is 6.02. The first-order chi connectivity index (χ1) is 6.40. The van der Waals surface area contributed by atoms with Crippen LogP contribution >= 0.6 is 0 Å². The number of likely N-dealkylation sites (tertiary alicyclic amines) is 1. The van der Waals surface area contributed by atoms with Gasteiger partial charge in [0, 0.05) is 0 Å². The molecule has 76 valence electrons. The lowest BCUT2D eigenvalue weighted by Gasteiger charge is -2.47. The van der Waals surface area contributed by atoms with E-state index in [1.807, 2.05) is 12.2 Å². The van der Waals surface area contributed by atoms with E-state index in [0.29, 0.717) is 0 Å². The second kappa shape index (κ2) is 2.59. The lowest BCUT2D eigenvalue weighted by Crippen LogP contribution is -2.65. The van der Waals surface area contributed by atoms with Gasteiger partial charge in [-0.05, 0) is 20.8 Å². The first-order valence-corrected chi connectivity index (χ1v) is 4.64.